The van der Waals surface area contributed by atoms with E-state index < -0.39 is 0 Å². The van der Waals surface area contributed by atoms with Crippen LogP contribution in [0.2, 0.25) is 0 Å². The number of benzene rings is 1. The van der Waals surface area contributed by atoms with Crippen molar-refractivity contribution >= 4 is 27.5 Å². The second kappa shape index (κ2) is 2.83. The van der Waals surface area contributed by atoms with Gasteiger partial charge in [0.25, 0.3) is 0 Å². The lowest BCUT2D eigenvalue weighted by molar-refractivity contribution is 1.28. The van der Waals surface area contributed by atoms with Crippen LogP contribution in [-0.4, -0.2) is 9.38 Å². The van der Waals surface area contributed by atoms with Crippen molar-refractivity contribution in [1.82, 2.24) is 9.38 Å². The van der Waals surface area contributed by atoms with Gasteiger partial charge in [-0.3, -0.25) is 9.20 Å². The van der Waals surface area contributed by atoms with Gasteiger partial charge >= 0.3 is 0 Å². The van der Waals surface area contributed by atoms with Crippen molar-refractivity contribution in [3.05, 3.63) is 58.9 Å². The molecule has 0 unspecified atom stereocenters. The van der Waals surface area contributed by atoms with E-state index in [1.54, 1.807) is 0 Å². The topological polar surface area (TPSA) is 34.4 Å². The molecule has 3 aromatic heterocycles. The van der Waals surface area contributed by atoms with Crippen molar-refractivity contribution in [2.45, 2.75) is 0 Å². The van der Waals surface area contributed by atoms with E-state index in [-0.39, 0.29) is 5.43 Å². The summed E-state index contributed by atoms with van der Waals surface area (Å²) >= 11 is 0. The molecule has 0 spiro atoms. The number of pyridine rings is 2. The molecule has 0 N–H and O–H groups in total. The lowest BCUT2D eigenvalue weighted by Crippen LogP contribution is -2.07. The minimum Gasteiger partial charge on any atom is -0.289 e. The summed E-state index contributed by atoms with van der Waals surface area (Å²) in [5.41, 5.74) is 2.57. The second-order valence-electron chi connectivity index (χ2n) is 4.12. The number of nitrogens with zero attached hydrogens (tertiary/aromatic N) is 2. The van der Waals surface area contributed by atoms with Crippen LogP contribution in [0.5, 0.6) is 0 Å². The van der Waals surface area contributed by atoms with E-state index in [1.165, 1.54) is 0 Å². The minimum atomic E-state index is 0.0664. The maximum absolute atomic E-state index is 12.3. The van der Waals surface area contributed by atoms with Gasteiger partial charge in [0.1, 0.15) is 5.65 Å². The zero-order valence-corrected chi connectivity index (χ0v) is 8.92. The summed E-state index contributed by atoms with van der Waals surface area (Å²) in [6.07, 6.45) is 1.82. The van der Waals surface area contributed by atoms with Gasteiger partial charge in [-0.25, -0.2) is 4.98 Å². The molecule has 0 aliphatic rings. The molecule has 4 aromatic rings. The van der Waals surface area contributed by atoms with Crippen molar-refractivity contribution in [2.24, 2.45) is 0 Å². The number of hydrogen-bond acceptors (Lipinski definition) is 2. The van der Waals surface area contributed by atoms with E-state index in [4.69, 9.17) is 0 Å². The van der Waals surface area contributed by atoms with Gasteiger partial charge in [-0.05, 0) is 12.1 Å². The quantitative estimate of drug-likeness (QED) is 0.426. The van der Waals surface area contributed by atoms with Gasteiger partial charge in [0, 0.05) is 10.8 Å². The monoisotopic (exact) mass is 220 g/mol. The first-order chi connectivity index (χ1) is 8.36. The smallest absolute Gasteiger partial charge is 0.210 e. The Morgan fingerprint density at radius 2 is 1.71 bits per heavy atom. The van der Waals surface area contributed by atoms with E-state index in [0.717, 1.165) is 21.9 Å². The highest BCUT2D eigenvalue weighted by molar-refractivity contribution is 5.99. The summed E-state index contributed by atoms with van der Waals surface area (Å²) in [6.45, 7) is 0. The molecule has 80 valence electrons. The third kappa shape index (κ3) is 0.959. The first-order valence-electron chi connectivity index (χ1n) is 5.47. The molecule has 0 fully saturated rings. The Morgan fingerprint density at radius 3 is 2.59 bits per heavy atom. The van der Waals surface area contributed by atoms with Gasteiger partial charge in [-0.2, -0.15) is 0 Å². The molecular weight excluding hydrogens is 212 g/mol. The molecule has 0 amide bonds. The molecule has 3 heterocycles. The van der Waals surface area contributed by atoms with Crippen LogP contribution in [0.1, 0.15) is 0 Å². The van der Waals surface area contributed by atoms with Crippen LogP contribution in [-0.2, 0) is 0 Å². The predicted molar refractivity (Wildman–Crippen MR) is 67.7 cm³/mol. The van der Waals surface area contributed by atoms with Crippen molar-refractivity contribution in [2.75, 3.05) is 0 Å². The molecule has 0 aliphatic heterocycles. The molecule has 17 heavy (non-hydrogen) atoms. The van der Waals surface area contributed by atoms with Gasteiger partial charge in [0.05, 0.1) is 17.2 Å². The summed E-state index contributed by atoms with van der Waals surface area (Å²) in [7, 11) is 0. The van der Waals surface area contributed by atoms with Gasteiger partial charge in [-0.15, -0.1) is 0 Å². The fraction of sp³-hybridized carbons (Fsp3) is 0. The van der Waals surface area contributed by atoms with E-state index in [1.807, 2.05) is 53.1 Å². The fourth-order valence-corrected chi connectivity index (χ4v) is 2.45. The average Bonchev–Trinajstić information content (AvgIpc) is 2.81. The molecule has 0 aliphatic carbocycles. The zero-order chi connectivity index (χ0) is 11.4. The zero-order valence-electron chi connectivity index (χ0n) is 8.92. The van der Waals surface area contributed by atoms with Crippen LogP contribution in [0.4, 0.5) is 0 Å². The molecule has 0 radical (unpaired) electrons. The van der Waals surface area contributed by atoms with Crippen LogP contribution >= 0.6 is 0 Å². The van der Waals surface area contributed by atoms with Crippen molar-refractivity contribution in [3.63, 3.8) is 0 Å². The van der Waals surface area contributed by atoms with Gasteiger partial charge in [-0.1, -0.05) is 30.3 Å². The Morgan fingerprint density at radius 1 is 0.882 bits per heavy atom. The summed E-state index contributed by atoms with van der Waals surface area (Å²) in [5, 5.41) is 1.72. The highest BCUT2D eigenvalue weighted by Gasteiger charge is 2.10. The normalized spacial score (nSPS) is 11.8. The Bertz CT molecular complexity index is 908. The number of imidazole rings is 1. The molecule has 0 saturated carbocycles. The SMILES string of the molecule is O=c1c2ccccc2c2cnc3cccc1n32. The number of rotatable bonds is 0. The fourth-order valence-electron chi connectivity index (χ4n) is 2.45. The van der Waals surface area contributed by atoms with E-state index in [0.29, 0.717) is 5.52 Å². The van der Waals surface area contributed by atoms with E-state index in [9.17, 15) is 4.79 Å². The molecule has 4 rings (SSSR count). The summed E-state index contributed by atoms with van der Waals surface area (Å²) in [6, 6.07) is 13.3. The standard InChI is InChI=1S/C14H8N2O/c17-14-10-5-2-1-4-9(10)12-8-15-13-7-3-6-11(14)16(12)13/h1-8H. The summed E-state index contributed by atoms with van der Waals surface area (Å²) in [5.74, 6) is 0. The second-order valence-corrected chi connectivity index (χ2v) is 4.12. The molecule has 3 nitrogen and oxygen atoms in total. The largest absolute Gasteiger partial charge is 0.289 e. The maximum Gasteiger partial charge on any atom is 0.210 e. The van der Waals surface area contributed by atoms with Crippen molar-refractivity contribution in [3.8, 4) is 0 Å². The van der Waals surface area contributed by atoms with Crippen LogP contribution in [0, 0.1) is 0 Å². The number of hydrogen-bond donors (Lipinski definition) is 0. The van der Waals surface area contributed by atoms with E-state index in [2.05, 4.69) is 4.98 Å². The first-order valence-corrected chi connectivity index (χ1v) is 5.47. The van der Waals surface area contributed by atoms with Gasteiger partial charge in [0.15, 0.2) is 0 Å². The number of fused-ring (bicyclic) bond motifs is 2. The molecule has 0 saturated heterocycles. The molecule has 3 heteroatoms. The van der Waals surface area contributed by atoms with Gasteiger partial charge < -0.3 is 0 Å². The van der Waals surface area contributed by atoms with Crippen LogP contribution in [0.3, 0.4) is 0 Å². The lowest BCUT2D eigenvalue weighted by Gasteiger charge is -2.04. The first kappa shape index (κ1) is 8.70. The van der Waals surface area contributed by atoms with Crippen molar-refractivity contribution in [1.29, 1.82) is 0 Å². The van der Waals surface area contributed by atoms with E-state index >= 15 is 0 Å². The molecule has 1 aromatic carbocycles. The Balaban J connectivity index is 2.53. The van der Waals surface area contributed by atoms with Gasteiger partial charge in [0.2, 0.25) is 5.43 Å². The highest BCUT2D eigenvalue weighted by Crippen LogP contribution is 2.21. The third-order valence-corrected chi connectivity index (χ3v) is 3.21. The number of aromatic nitrogens is 2. The minimum absolute atomic E-state index is 0.0664. The molecular formula is C14H8N2O. The molecule has 0 bridgehead atoms. The maximum atomic E-state index is 12.3. The summed E-state index contributed by atoms with van der Waals surface area (Å²) in [4.78, 5) is 16.7. The lowest BCUT2D eigenvalue weighted by atomic mass is 10.1. The van der Waals surface area contributed by atoms with Crippen LogP contribution < -0.4 is 5.43 Å². The Hall–Kier alpha value is -2.42. The summed E-state index contributed by atoms with van der Waals surface area (Å²) < 4.78 is 1.92. The highest BCUT2D eigenvalue weighted by atomic mass is 16.1. The molecule has 0 atom stereocenters. The predicted octanol–water partition coefficient (Wildman–Crippen LogP) is 2.44. The van der Waals surface area contributed by atoms with Crippen LogP contribution in [0.15, 0.2) is 53.5 Å². The average molecular weight is 220 g/mol. The Kier molecular flexibility index (Phi) is 1.45. The van der Waals surface area contributed by atoms with Crippen LogP contribution in [0.25, 0.3) is 27.5 Å². The third-order valence-electron chi connectivity index (χ3n) is 3.21. The van der Waals surface area contributed by atoms with Crippen molar-refractivity contribution < 1.29 is 0 Å². The Labute approximate surface area is 96.3 Å².